The van der Waals surface area contributed by atoms with Gasteiger partial charge in [0.1, 0.15) is 0 Å². The van der Waals surface area contributed by atoms with Crippen LogP contribution in [0.25, 0.3) is 0 Å². The minimum Gasteiger partial charge on any atom is -0.545 e. The van der Waals surface area contributed by atoms with Crippen molar-refractivity contribution in [3.8, 4) is 0 Å². The molecular formula is C14H7F5NO2-. The molecule has 0 saturated heterocycles. The third-order valence-electron chi connectivity index (χ3n) is 3.02. The second-order valence-corrected chi connectivity index (χ2v) is 4.43. The van der Waals surface area contributed by atoms with Crippen LogP contribution in [0.4, 0.5) is 27.6 Å². The molecule has 0 saturated carbocycles. The molecule has 2 rings (SSSR count). The van der Waals surface area contributed by atoms with Gasteiger partial charge in [-0.1, -0.05) is 6.07 Å². The molecule has 0 aliphatic heterocycles. The minimum absolute atomic E-state index is 0.0591. The lowest BCUT2D eigenvalue weighted by Gasteiger charge is -2.13. The van der Waals surface area contributed by atoms with Gasteiger partial charge in [0.25, 0.3) is 0 Å². The fourth-order valence-corrected chi connectivity index (χ4v) is 1.96. The van der Waals surface area contributed by atoms with Crippen LogP contribution in [0.3, 0.4) is 0 Å². The smallest absolute Gasteiger partial charge is 0.200 e. The highest BCUT2D eigenvalue weighted by molar-refractivity contribution is 5.88. The van der Waals surface area contributed by atoms with Gasteiger partial charge in [-0.2, -0.15) is 0 Å². The highest BCUT2D eigenvalue weighted by Gasteiger charge is 2.26. The van der Waals surface area contributed by atoms with E-state index in [0.717, 1.165) is 12.1 Å². The van der Waals surface area contributed by atoms with Crippen molar-refractivity contribution in [3.63, 3.8) is 0 Å². The number of carbonyl (C=O) groups is 1. The average molecular weight is 316 g/mol. The zero-order valence-corrected chi connectivity index (χ0v) is 10.7. The summed E-state index contributed by atoms with van der Waals surface area (Å²) in [6.45, 7) is 0. The van der Waals surface area contributed by atoms with Gasteiger partial charge in [0.2, 0.25) is 5.82 Å². The van der Waals surface area contributed by atoms with E-state index >= 15 is 0 Å². The van der Waals surface area contributed by atoms with Gasteiger partial charge in [-0.05, 0) is 17.7 Å². The van der Waals surface area contributed by atoms with Crippen molar-refractivity contribution in [2.45, 2.75) is 6.42 Å². The molecule has 0 bridgehead atoms. The van der Waals surface area contributed by atoms with Gasteiger partial charge in [0, 0.05) is 23.2 Å². The Morgan fingerprint density at radius 3 is 1.95 bits per heavy atom. The van der Waals surface area contributed by atoms with Gasteiger partial charge >= 0.3 is 0 Å². The lowest BCUT2D eigenvalue weighted by Crippen LogP contribution is -2.24. The van der Waals surface area contributed by atoms with Gasteiger partial charge in [0.05, 0.1) is 5.97 Å². The Bertz CT molecular complexity index is 747. The molecule has 0 aromatic heterocycles. The third-order valence-corrected chi connectivity index (χ3v) is 3.02. The number of nitrogen functional groups attached to an aromatic ring is 1. The van der Waals surface area contributed by atoms with E-state index in [4.69, 9.17) is 5.73 Å². The summed E-state index contributed by atoms with van der Waals surface area (Å²) in [5.74, 6) is -12.2. The number of halogens is 5. The van der Waals surface area contributed by atoms with Crippen molar-refractivity contribution < 1.29 is 31.9 Å². The molecule has 0 atom stereocenters. The molecular weight excluding hydrogens is 309 g/mol. The summed E-state index contributed by atoms with van der Waals surface area (Å²) in [5, 5.41) is 10.9. The van der Waals surface area contributed by atoms with Crippen LogP contribution in [0.15, 0.2) is 18.2 Å². The van der Waals surface area contributed by atoms with Gasteiger partial charge in [-0.25, -0.2) is 22.0 Å². The Balaban J connectivity index is 2.62. The zero-order valence-electron chi connectivity index (χ0n) is 10.7. The molecule has 2 aromatic rings. The van der Waals surface area contributed by atoms with E-state index in [1.807, 2.05) is 0 Å². The maximum atomic E-state index is 13.6. The number of nitrogens with two attached hydrogens (primary N) is 1. The van der Waals surface area contributed by atoms with E-state index in [1.165, 1.54) is 6.07 Å². The topological polar surface area (TPSA) is 66.2 Å². The summed E-state index contributed by atoms with van der Waals surface area (Å²) in [6.07, 6.45) is -0.847. The Morgan fingerprint density at radius 2 is 1.45 bits per heavy atom. The van der Waals surface area contributed by atoms with Crippen molar-refractivity contribution in [3.05, 3.63) is 64.0 Å². The van der Waals surface area contributed by atoms with Crippen LogP contribution >= 0.6 is 0 Å². The summed E-state index contributed by atoms with van der Waals surface area (Å²) >= 11 is 0. The Hall–Kier alpha value is -2.64. The fourth-order valence-electron chi connectivity index (χ4n) is 1.96. The van der Waals surface area contributed by atoms with E-state index in [9.17, 15) is 31.9 Å². The summed E-state index contributed by atoms with van der Waals surface area (Å²) < 4.78 is 66.4. The molecule has 116 valence electrons. The Morgan fingerprint density at radius 1 is 0.955 bits per heavy atom. The number of carboxylic acids is 1. The second kappa shape index (κ2) is 5.63. The zero-order chi connectivity index (χ0) is 16.6. The first-order chi connectivity index (χ1) is 10.2. The first kappa shape index (κ1) is 15.7. The lowest BCUT2D eigenvalue weighted by molar-refractivity contribution is -0.255. The lowest BCUT2D eigenvalue weighted by atomic mass is 9.98. The normalized spacial score (nSPS) is 10.8. The summed E-state index contributed by atoms with van der Waals surface area (Å²) in [5.41, 5.74) is 3.65. The highest BCUT2D eigenvalue weighted by Crippen LogP contribution is 2.26. The van der Waals surface area contributed by atoms with Crippen LogP contribution in [-0.4, -0.2) is 5.97 Å². The molecule has 0 aliphatic carbocycles. The Kier molecular flexibility index (Phi) is 4.03. The minimum atomic E-state index is -2.29. The number of carbonyl (C=O) groups excluding carboxylic acids is 1. The predicted molar refractivity (Wildman–Crippen MR) is 64.2 cm³/mol. The molecule has 0 amide bonds. The maximum Gasteiger partial charge on any atom is 0.200 e. The maximum absolute atomic E-state index is 13.6. The number of benzene rings is 2. The van der Waals surface area contributed by atoms with Crippen LogP contribution < -0.4 is 10.8 Å². The molecule has 22 heavy (non-hydrogen) atoms. The third kappa shape index (κ3) is 2.59. The van der Waals surface area contributed by atoms with Gasteiger partial charge < -0.3 is 15.6 Å². The molecule has 8 heteroatoms. The number of carboxylic acid groups (broad SMARTS) is 1. The molecule has 2 aromatic carbocycles. The quantitative estimate of drug-likeness (QED) is 0.407. The van der Waals surface area contributed by atoms with Crippen molar-refractivity contribution in [1.29, 1.82) is 0 Å². The molecule has 0 unspecified atom stereocenters. The molecule has 0 fully saturated rings. The fraction of sp³-hybridized carbons (Fsp3) is 0.0714. The first-order valence-electron chi connectivity index (χ1n) is 5.84. The number of anilines is 1. The second-order valence-electron chi connectivity index (χ2n) is 4.43. The highest BCUT2D eigenvalue weighted by atomic mass is 19.2. The van der Waals surface area contributed by atoms with Gasteiger partial charge in [-0.3, -0.25) is 0 Å². The molecule has 0 radical (unpaired) electrons. The first-order valence-corrected chi connectivity index (χ1v) is 5.84. The van der Waals surface area contributed by atoms with Crippen LogP contribution in [0.2, 0.25) is 0 Å². The SMILES string of the molecule is Nc1ccc(C(=O)[O-])c(Cc2c(F)c(F)c(F)c(F)c2F)c1. The van der Waals surface area contributed by atoms with Gasteiger partial charge in [0.15, 0.2) is 23.3 Å². The van der Waals surface area contributed by atoms with Crippen molar-refractivity contribution in [2.24, 2.45) is 0 Å². The van der Waals surface area contributed by atoms with E-state index in [-0.39, 0.29) is 11.3 Å². The number of rotatable bonds is 3. The molecule has 2 N–H and O–H groups in total. The van der Waals surface area contributed by atoms with E-state index in [0.29, 0.717) is 0 Å². The summed E-state index contributed by atoms with van der Waals surface area (Å²) in [6, 6.07) is 3.28. The summed E-state index contributed by atoms with van der Waals surface area (Å²) in [4.78, 5) is 10.9. The average Bonchev–Trinajstić information content (AvgIpc) is 2.47. The largest absolute Gasteiger partial charge is 0.545 e. The van der Waals surface area contributed by atoms with Crippen molar-refractivity contribution >= 4 is 11.7 Å². The number of hydrogen-bond donors (Lipinski definition) is 1. The molecule has 0 heterocycles. The van der Waals surface area contributed by atoms with E-state index in [1.54, 1.807) is 0 Å². The molecule has 0 aliphatic rings. The van der Waals surface area contributed by atoms with E-state index < -0.39 is 52.6 Å². The van der Waals surface area contributed by atoms with E-state index in [2.05, 4.69) is 0 Å². The molecule has 0 spiro atoms. The Labute approximate surface area is 120 Å². The van der Waals surface area contributed by atoms with Crippen LogP contribution in [-0.2, 0) is 6.42 Å². The van der Waals surface area contributed by atoms with Crippen molar-refractivity contribution in [2.75, 3.05) is 5.73 Å². The predicted octanol–water partition coefficient (Wildman–Crippen LogP) is 1.92. The summed E-state index contributed by atoms with van der Waals surface area (Å²) in [7, 11) is 0. The monoisotopic (exact) mass is 316 g/mol. The number of aromatic carboxylic acids is 1. The van der Waals surface area contributed by atoms with Crippen LogP contribution in [0.5, 0.6) is 0 Å². The van der Waals surface area contributed by atoms with Gasteiger partial charge in [-0.15, -0.1) is 0 Å². The van der Waals surface area contributed by atoms with Crippen LogP contribution in [0, 0.1) is 29.1 Å². The van der Waals surface area contributed by atoms with Crippen LogP contribution in [0.1, 0.15) is 21.5 Å². The molecule has 3 nitrogen and oxygen atoms in total. The number of hydrogen-bond acceptors (Lipinski definition) is 3. The standard InChI is InChI=1S/C14H8F5NO2/c15-9-8(10(16)12(18)13(19)11(9)17)4-5-3-6(20)1-2-7(5)14(21)22/h1-3H,4,20H2,(H,21,22)/p-1. The van der Waals surface area contributed by atoms with Crippen molar-refractivity contribution in [1.82, 2.24) is 0 Å².